The zero-order chi connectivity index (χ0) is 10.7. The summed E-state index contributed by atoms with van der Waals surface area (Å²) in [5, 5.41) is 6.31. The van der Waals surface area contributed by atoms with E-state index < -0.39 is 0 Å². The van der Waals surface area contributed by atoms with Crippen molar-refractivity contribution in [2.24, 2.45) is 0 Å². The monoisotopic (exact) mass is 319 g/mol. The Kier molecular flexibility index (Phi) is 3.63. The van der Waals surface area contributed by atoms with Crippen LogP contribution in [0.3, 0.4) is 0 Å². The fourth-order valence-corrected chi connectivity index (χ4v) is 2.20. The number of halogens is 1. The van der Waals surface area contributed by atoms with Gasteiger partial charge in [0.2, 0.25) is 0 Å². The Morgan fingerprint density at radius 2 is 2.20 bits per heavy atom. The molecule has 1 fully saturated rings. The molecule has 0 aromatic carbocycles. The van der Waals surface area contributed by atoms with Gasteiger partial charge in [0, 0.05) is 15.8 Å². The lowest BCUT2D eigenvalue weighted by Crippen LogP contribution is -2.42. The van der Waals surface area contributed by atoms with Gasteiger partial charge in [0.25, 0.3) is 5.91 Å². The summed E-state index contributed by atoms with van der Waals surface area (Å²) in [7, 11) is 0. The molecule has 1 amide bonds. The van der Waals surface area contributed by atoms with Gasteiger partial charge in [0.1, 0.15) is 5.69 Å². The molecule has 1 aliphatic rings. The molecule has 1 aromatic heterocycles. The first-order chi connectivity index (χ1) is 7.25. The molecule has 4 nitrogen and oxygen atoms in total. The van der Waals surface area contributed by atoms with Crippen LogP contribution in [-0.2, 0) is 0 Å². The van der Waals surface area contributed by atoms with Gasteiger partial charge in [-0.1, -0.05) is 0 Å². The van der Waals surface area contributed by atoms with Crippen molar-refractivity contribution in [2.45, 2.75) is 18.9 Å². The highest BCUT2D eigenvalue weighted by molar-refractivity contribution is 14.1. The van der Waals surface area contributed by atoms with E-state index in [9.17, 15) is 4.79 Å². The SMILES string of the molecule is O=C(NC1CCNCC1)c1cc(I)c[nH]1. The van der Waals surface area contributed by atoms with E-state index in [-0.39, 0.29) is 5.91 Å². The number of piperidine rings is 1. The molecular weight excluding hydrogens is 305 g/mol. The van der Waals surface area contributed by atoms with E-state index in [4.69, 9.17) is 0 Å². The molecule has 1 saturated heterocycles. The minimum atomic E-state index is 0.00446. The molecule has 5 heteroatoms. The molecular formula is C10H14IN3O. The van der Waals surface area contributed by atoms with Gasteiger partial charge in [-0.2, -0.15) is 0 Å². The van der Waals surface area contributed by atoms with Gasteiger partial charge in [0.15, 0.2) is 0 Å². The Bertz CT molecular complexity index is 344. The van der Waals surface area contributed by atoms with Crippen LogP contribution in [0.2, 0.25) is 0 Å². The Morgan fingerprint density at radius 1 is 1.47 bits per heavy atom. The minimum Gasteiger partial charge on any atom is -0.356 e. The third-order valence-corrected chi connectivity index (χ3v) is 3.19. The molecule has 0 spiro atoms. The van der Waals surface area contributed by atoms with Crippen LogP contribution in [0.25, 0.3) is 0 Å². The molecule has 2 rings (SSSR count). The van der Waals surface area contributed by atoms with Crippen molar-refractivity contribution in [1.29, 1.82) is 0 Å². The summed E-state index contributed by atoms with van der Waals surface area (Å²) < 4.78 is 1.06. The average Bonchev–Trinajstić information content (AvgIpc) is 2.66. The molecule has 1 aromatic rings. The molecule has 15 heavy (non-hydrogen) atoms. The van der Waals surface area contributed by atoms with Crippen molar-refractivity contribution in [1.82, 2.24) is 15.6 Å². The van der Waals surface area contributed by atoms with Gasteiger partial charge < -0.3 is 15.6 Å². The van der Waals surface area contributed by atoms with E-state index in [1.54, 1.807) is 0 Å². The predicted molar refractivity (Wildman–Crippen MR) is 66.9 cm³/mol. The van der Waals surface area contributed by atoms with Crippen molar-refractivity contribution < 1.29 is 4.79 Å². The van der Waals surface area contributed by atoms with E-state index in [0.29, 0.717) is 11.7 Å². The highest BCUT2D eigenvalue weighted by Gasteiger charge is 2.16. The van der Waals surface area contributed by atoms with E-state index >= 15 is 0 Å². The molecule has 0 bridgehead atoms. The summed E-state index contributed by atoms with van der Waals surface area (Å²) in [6, 6.07) is 2.18. The average molecular weight is 319 g/mol. The van der Waals surface area contributed by atoms with E-state index in [0.717, 1.165) is 29.5 Å². The fourth-order valence-electron chi connectivity index (χ4n) is 1.73. The van der Waals surface area contributed by atoms with Crippen molar-refractivity contribution in [3.63, 3.8) is 0 Å². The lowest BCUT2D eigenvalue weighted by Gasteiger charge is -2.23. The topological polar surface area (TPSA) is 56.9 Å². The summed E-state index contributed by atoms with van der Waals surface area (Å²) in [5.74, 6) is 0.00446. The minimum absolute atomic E-state index is 0.00446. The van der Waals surface area contributed by atoms with Crippen molar-refractivity contribution >= 4 is 28.5 Å². The zero-order valence-electron chi connectivity index (χ0n) is 8.35. The fraction of sp³-hybridized carbons (Fsp3) is 0.500. The van der Waals surface area contributed by atoms with Crippen LogP contribution >= 0.6 is 22.6 Å². The smallest absolute Gasteiger partial charge is 0.267 e. The number of H-pyrrole nitrogens is 1. The first kappa shape index (κ1) is 10.9. The second-order valence-corrected chi connectivity index (χ2v) is 4.97. The Morgan fingerprint density at radius 3 is 2.80 bits per heavy atom. The van der Waals surface area contributed by atoms with Gasteiger partial charge in [-0.15, -0.1) is 0 Å². The number of aromatic nitrogens is 1. The highest BCUT2D eigenvalue weighted by Crippen LogP contribution is 2.08. The molecule has 0 atom stereocenters. The van der Waals surface area contributed by atoms with Crippen molar-refractivity contribution in [3.05, 3.63) is 21.5 Å². The summed E-state index contributed by atoms with van der Waals surface area (Å²) in [5.41, 5.74) is 0.651. The number of nitrogens with one attached hydrogen (secondary N) is 3. The number of carbonyl (C=O) groups excluding carboxylic acids is 1. The summed E-state index contributed by atoms with van der Waals surface area (Å²) >= 11 is 2.18. The molecule has 2 heterocycles. The Labute approximate surface area is 102 Å². The number of carbonyl (C=O) groups is 1. The summed E-state index contributed by atoms with van der Waals surface area (Å²) in [4.78, 5) is 14.7. The molecule has 1 aliphatic heterocycles. The van der Waals surface area contributed by atoms with Crippen LogP contribution in [0.4, 0.5) is 0 Å². The van der Waals surface area contributed by atoms with Crippen LogP contribution in [0, 0.1) is 3.57 Å². The molecule has 3 N–H and O–H groups in total. The molecule has 0 unspecified atom stereocenters. The van der Waals surface area contributed by atoms with Crippen molar-refractivity contribution in [2.75, 3.05) is 13.1 Å². The van der Waals surface area contributed by atoms with E-state index in [1.807, 2.05) is 12.3 Å². The van der Waals surface area contributed by atoms with Crippen LogP contribution in [0.1, 0.15) is 23.3 Å². The second-order valence-electron chi connectivity index (χ2n) is 3.73. The first-order valence-electron chi connectivity index (χ1n) is 5.11. The first-order valence-corrected chi connectivity index (χ1v) is 6.19. The Hall–Kier alpha value is -0.560. The quantitative estimate of drug-likeness (QED) is 0.715. The Balaban J connectivity index is 1.91. The standard InChI is InChI=1S/C10H14IN3O/c11-7-5-9(13-6-7)10(15)14-8-1-3-12-4-2-8/h5-6,8,12-13H,1-4H2,(H,14,15). The third kappa shape index (κ3) is 2.94. The van der Waals surface area contributed by atoms with Gasteiger partial charge in [-0.05, 0) is 54.6 Å². The summed E-state index contributed by atoms with van der Waals surface area (Å²) in [6.07, 6.45) is 3.87. The van der Waals surface area contributed by atoms with Crippen LogP contribution in [0.5, 0.6) is 0 Å². The zero-order valence-corrected chi connectivity index (χ0v) is 10.5. The number of aromatic amines is 1. The normalized spacial score (nSPS) is 17.7. The van der Waals surface area contributed by atoms with E-state index in [1.165, 1.54) is 0 Å². The predicted octanol–water partition coefficient (Wildman–Crippen LogP) is 1.10. The van der Waals surface area contributed by atoms with Gasteiger partial charge in [-0.3, -0.25) is 4.79 Å². The third-order valence-electron chi connectivity index (χ3n) is 2.57. The molecule has 0 aliphatic carbocycles. The van der Waals surface area contributed by atoms with E-state index in [2.05, 4.69) is 38.2 Å². The van der Waals surface area contributed by atoms with Crippen LogP contribution < -0.4 is 10.6 Å². The maximum Gasteiger partial charge on any atom is 0.267 e. The number of rotatable bonds is 2. The molecule has 82 valence electrons. The number of amides is 1. The lowest BCUT2D eigenvalue weighted by molar-refractivity contribution is 0.0925. The van der Waals surface area contributed by atoms with Crippen LogP contribution in [0.15, 0.2) is 12.3 Å². The molecule has 0 saturated carbocycles. The lowest BCUT2D eigenvalue weighted by atomic mass is 10.1. The van der Waals surface area contributed by atoms with Crippen molar-refractivity contribution in [3.8, 4) is 0 Å². The summed E-state index contributed by atoms with van der Waals surface area (Å²) in [6.45, 7) is 1.99. The number of hydrogen-bond donors (Lipinski definition) is 3. The highest BCUT2D eigenvalue weighted by atomic mass is 127. The maximum absolute atomic E-state index is 11.8. The van der Waals surface area contributed by atoms with Gasteiger partial charge >= 0.3 is 0 Å². The van der Waals surface area contributed by atoms with Crippen LogP contribution in [-0.4, -0.2) is 30.0 Å². The molecule has 0 radical (unpaired) electrons. The second kappa shape index (κ2) is 4.98. The maximum atomic E-state index is 11.8. The van der Waals surface area contributed by atoms with Gasteiger partial charge in [-0.25, -0.2) is 0 Å². The number of hydrogen-bond acceptors (Lipinski definition) is 2. The van der Waals surface area contributed by atoms with Gasteiger partial charge in [0.05, 0.1) is 0 Å². The largest absolute Gasteiger partial charge is 0.356 e.